The first-order valence-electron chi connectivity index (χ1n) is 6.10. The minimum absolute atomic E-state index is 0.221. The molecule has 2 aromatic heterocycles. The molecule has 0 aliphatic rings. The van der Waals surface area contributed by atoms with Gasteiger partial charge in [-0.25, -0.2) is 19.9 Å². The first-order valence-corrected chi connectivity index (χ1v) is 6.92. The summed E-state index contributed by atoms with van der Waals surface area (Å²) in [4.78, 5) is 20.0. The number of hydrogen-bond donors (Lipinski definition) is 2. The predicted molar refractivity (Wildman–Crippen MR) is 73.1 cm³/mol. The highest BCUT2D eigenvalue weighted by atomic mass is 32.2. The normalized spacial score (nSPS) is 10.8. The van der Waals surface area contributed by atoms with Crippen molar-refractivity contribution < 1.29 is 0 Å². The van der Waals surface area contributed by atoms with Crippen LogP contribution in [0.2, 0.25) is 0 Å². The number of anilines is 1. The van der Waals surface area contributed by atoms with Crippen LogP contribution >= 0.6 is 11.8 Å². The van der Waals surface area contributed by atoms with Crippen molar-refractivity contribution in [1.82, 2.24) is 24.7 Å². The minimum Gasteiger partial charge on any atom is -0.384 e. The molecule has 0 aliphatic carbocycles. The molecule has 0 fully saturated rings. The van der Waals surface area contributed by atoms with E-state index in [1.54, 1.807) is 10.6 Å². The van der Waals surface area contributed by atoms with Crippen molar-refractivity contribution in [3.63, 3.8) is 0 Å². The number of nitrogens with zero attached hydrogens (tertiary/aromatic N) is 4. The van der Waals surface area contributed by atoms with Gasteiger partial charge < -0.3 is 5.73 Å². The molecule has 0 spiro atoms. The Morgan fingerprint density at radius 2 is 2.21 bits per heavy atom. The van der Waals surface area contributed by atoms with Crippen LogP contribution in [0.4, 0.5) is 5.82 Å². The van der Waals surface area contributed by atoms with Crippen LogP contribution in [0.15, 0.2) is 21.0 Å². The van der Waals surface area contributed by atoms with Crippen molar-refractivity contribution in [2.45, 2.75) is 43.4 Å². The molecular weight excluding hydrogens is 264 g/mol. The third kappa shape index (κ3) is 3.14. The topological polar surface area (TPSA) is 102 Å². The van der Waals surface area contributed by atoms with E-state index >= 15 is 0 Å². The average molecular weight is 280 g/mol. The van der Waals surface area contributed by atoms with E-state index in [0.29, 0.717) is 28.4 Å². The second-order valence-electron chi connectivity index (χ2n) is 3.95. The lowest BCUT2D eigenvalue weighted by molar-refractivity contribution is 0.659. The third-order valence-corrected chi connectivity index (χ3v) is 3.39. The number of hydrogen-bond acceptors (Lipinski definition) is 6. The lowest BCUT2D eigenvalue weighted by Crippen LogP contribution is -2.16. The fourth-order valence-corrected chi connectivity index (χ4v) is 2.56. The Labute approximate surface area is 114 Å². The Bertz CT molecular complexity index is 620. The quantitative estimate of drug-likeness (QED) is 0.794. The molecule has 3 N–H and O–H groups in total. The van der Waals surface area contributed by atoms with Gasteiger partial charge in [0.05, 0.1) is 0 Å². The maximum absolute atomic E-state index is 11.5. The second kappa shape index (κ2) is 5.87. The average Bonchev–Trinajstić information content (AvgIpc) is 2.69. The molecule has 0 amide bonds. The molecule has 2 heterocycles. The lowest BCUT2D eigenvalue weighted by atomic mass is 10.3. The van der Waals surface area contributed by atoms with E-state index in [9.17, 15) is 4.79 Å². The van der Waals surface area contributed by atoms with Gasteiger partial charge in [-0.1, -0.05) is 6.92 Å². The van der Waals surface area contributed by atoms with Crippen molar-refractivity contribution in [3.8, 4) is 0 Å². The zero-order valence-corrected chi connectivity index (χ0v) is 11.7. The molecule has 0 aliphatic heterocycles. The molecular formula is C11H16N6OS. The number of nitrogens with two attached hydrogens (primary N) is 1. The zero-order valence-electron chi connectivity index (χ0n) is 10.9. The highest BCUT2D eigenvalue weighted by Gasteiger charge is 2.11. The summed E-state index contributed by atoms with van der Waals surface area (Å²) < 4.78 is 1.54. The van der Waals surface area contributed by atoms with Gasteiger partial charge in [0.25, 0.3) is 0 Å². The number of nitrogens with one attached hydrogen (secondary N) is 1. The molecule has 0 radical (unpaired) electrons. The van der Waals surface area contributed by atoms with Crippen LogP contribution in [0.1, 0.15) is 26.1 Å². The Hall–Kier alpha value is -1.83. The van der Waals surface area contributed by atoms with E-state index in [1.807, 2.05) is 6.92 Å². The number of aromatic nitrogens is 5. The van der Waals surface area contributed by atoms with Crippen LogP contribution in [0, 0.1) is 0 Å². The maximum atomic E-state index is 11.5. The number of aryl methyl sites for hydroxylation is 1. The van der Waals surface area contributed by atoms with Gasteiger partial charge in [0.15, 0.2) is 5.16 Å². The van der Waals surface area contributed by atoms with Gasteiger partial charge in [-0.15, -0.1) is 5.10 Å². The summed E-state index contributed by atoms with van der Waals surface area (Å²) >= 11 is 1.30. The first-order chi connectivity index (χ1) is 9.13. The van der Waals surface area contributed by atoms with Crippen LogP contribution in [0.25, 0.3) is 0 Å². The zero-order chi connectivity index (χ0) is 13.8. The maximum Gasteiger partial charge on any atom is 0.343 e. The summed E-state index contributed by atoms with van der Waals surface area (Å²) in [6.45, 7) is 4.50. The van der Waals surface area contributed by atoms with Gasteiger partial charge in [0.1, 0.15) is 16.7 Å². The van der Waals surface area contributed by atoms with Crippen LogP contribution < -0.4 is 11.4 Å². The molecule has 0 saturated carbocycles. The van der Waals surface area contributed by atoms with Crippen LogP contribution in [-0.4, -0.2) is 24.7 Å². The predicted octanol–water partition coefficient (Wildman–Crippen LogP) is 1.07. The molecule has 0 saturated heterocycles. The molecule has 19 heavy (non-hydrogen) atoms. The third-order valence-electron chi connectivity index (χ3n) is 2.48. The Kier molecular flexibility index (Phi) is 4.20. The summed E-state index contributed by atoms with van der Waals surface area (Å²) in [5.74, 6) is 1.15. The summed E-state index contributed by atoms with van der Waals surface area (Å²) in [6, 6.07) is 1.68. The van der Waals surface area contributed by atoms with E-state index in [1.165, 1.54) is 11.8 Å². The Morgan fingerprint density at radius 3 is 2.89 bits per heavy atom. The van der Waals surface area contributed by atoms with Crippen molar-refractivity contribution in [2.24, 2.45) is 0 Å². The number of rotatable bonds is 5. The smallest absolute Gasteiger partial charge is 0.343 e. The van der Waals surface area contributed by atoms with Gasteiger partial charge in [0.2, 0.25) is 0 Å². The molecule has 102 valence electrons. The summed E-state index contributed by atoms with van der Waals surface area (Å²) in [6.07, 6.45) is 1.73. The highest BCUT2D eigenvalue weighted by molar-refractivity contribution is 7.99. The SMILES string of the molecule is CCCc1nc(N)cc(Sc2n[nH]c(=O)n2CC)n1. The monoisotopic (exact) mass is 280 g/mol. The highest BCUT2D eigenvalue weighted by Crippen LogP contribution is 2.24. The van der Waals surface area contributed by atoms with Gasteiger partial charge in [-0.3, -0.25) is 4.57 Å². The number of aromatic amines is 1. The van der Waals surface area contributed by atoms with E-state index < -0.39 is 0 Å². The standard InChI is InChI=1S/C11H16N6OS/c1-3-5-8-13-7(12)6-9(14-8)19-11-16-15-10(18)17(11)4-2/h6H,3-5H2,1-2H3,(H,15,18)(H2,12,13,14). The van der Waals surface area contributed by atoms with E-state index in [0.717, 1.165) is 12.8 Å². The van der Waals surface area contributed by atoms with Crippen molar-refractivity contribution in [3.05, 3.63) is 22.4 Å². The molecule has 0 unspecified atom stereocenters. The second-order valence-corrected chi connectivity index (χ2v) is 4.94. The lowest BCUT2D eigenvalue weighted by Gasteiger charge is -2.04. The molecule has 2 rings (SSSR count). The van der Waals surface area contributed by atoms with E-state index in [4.69, 9.17) is 5.73 Å². The summed E-state index contributed by atoms with van der Waals surface area (Å²) in [5, 5.41) is 7.67. The number of nitrogen functional groups attached to an aromatic ring is 1. The molecule has 0 atom stereocenters. The van der Waals surface area contributed by atoms with Crippen molar-refractivity contribution in [2.75, 3.05) is 5.73 Å². The minimum atomic E-state index is -0.221. The van der Waals surface area contributed by atoms with E-state index in [2.05, 4.69) is 27.1 Å². The van der Waals surface area contributed by atoms with Gasteiger partial charge in [0, 0.05) is 19.0 Å². The van der Waals surface area contributed by atoms with Gasteiger partial charge in [-0.2, -0.15) is 0 Å². The van der Waals surface area contributed by atoms with Gasteiger partial charge >= 0.3 is 5.69 Å². The number of H-pyrrole nitrogens is 1. The van der Waals surface area contributed by atoms with Crippen molar-refractivity contribution >= 4 is 17.6 Å². The van der Waals surface area contributed by atoms with Crippen LogP contribution in [-0.2, 0) is 13.0 Å². The molecule has 2 aromatic rings. The molecule has 8 heteroatoms. The van der Waals surface area contributed by atoms with E-state index in [-0.39, 0.29) is 5.69 Å². The fourth-order valence-electron chi connectivity index (χ4n) is 1.63. The largest absolute Gasteiger partial charge is 0.384 e. The molecule has 0 aromatic carbocycles. The Morgan fingerprint density at radius 1 is 1.42 bits per heavy atom. The molecule has 7 nitrogen and oxygen atoms in total. The summed E-state index contributed by atoms with van der Waals surface area (Å²) in [7, 11) is 0. The van der Waals surface area contributed by atoms with Crippen molar-refractivity contribution in [1.29, 1.82) is 0 Å². The first kappa shape index (κ1) is 13.6. The van der Waals surface area contributed by atoms with Crippen LogP contribution in [0.3, 0.4) is 0 Å². The molecule has 0 bridgehead atoms. The van der Waals surface area contributed by atoms with Crippen LogP contribution in [0.5, 0.6) is 0 Å². The van der Waals surface area contributed by atoms with Gasteiger partial charge in [-0.05, 0) is 25.1 Å². The Balaban J connectivity index is 2.29. The summed E-state index contributed by atoms with van der Waals surface area (Å²) in [5.41, 5.74) is 5.54. The fraction of sp³-hybridized carbons (Fsp3) is 0.455.